The maximum absolute atomic E-state index is 13.4. The van der Waals surface area contributed by atoms with E-state index in [2.05, 4.69) is 0 Å². The predicted octanol–water partition coefficient (Wildman–Crippen LogP) is 1.32. The second-order valence-corrected chi connectivity index (χ2v) is 4.11. The van der Waals surface area contributed by atoms with Gasteiger partial charge in [0.1, 0.15) is 0 Å². The Kier molecular flexibility index (Phi) is 3.50. The van der Waals surface area contributed by atoms with Gasteiger partial charge >= 0.3 is 5.69 Å². The number of nitrogens with one attached hydrogen (secondary N) is 1. The lowest BCUT2D eigenvalue weighted by Crippen LogP contribution is -2.31. The maximum atomic E-state index is 13.4. The number of aromatic hydroxyl groups is 1. The first kappa shape index (κ1) is 13.1. The SMILES string of the molecule is CCCc1ccccc1-n1c(O)c(F)c(=O)[nH]c1=O. The number of aromatic nitrogens is 2. The van der Waals surface area contributed by atoms with Gasteiger partial charge in [-0.1, -0.05) is 31.5 Å². The summed E-state index contributed by atoms with van der Waals surface area (Å²) in [6, 6.07) is 6.83. The van der Waals surface area contributed by atoms with Gasteiger partial charge in [0.05, 0.1) is 5.69 Å². The molecule has 0 aliphatic heterocycles. The monoisotopic (exact) mass is 264 g/mol. The summed E-state index contributed by atoms with van der Waals surface area (Å²) in [5.74, 6) is -2.34. The first-order valence-electron chi connectivity index (χ1n) is 5.88. The van der Waals surface area contributed by atoms with Crippen LogP contribution < -0.4 is 11.2 Å². The lowest BCUT2D eigenvalue weighted by molar-refractivity contribution is 0.385. The van der Waals surface area contributed by atoms with Crippen molar-refractivity contribution in [2.75, 3.05) is 0 Å². The molecule has 0 aliphatic carbocycles. The Morgan fingerprint density at radius 1 is 1.32 bits per heavy atom. The van der Waals surface area contributed by atoms with E-state index in [4.69, 9.17) is 0 Å². The fourth-order valence-corrected chi connectivity index (χ4v) is 1.94. The molecule has 0 aliphatic rings. The number of aromatic amines is 1. The van der Waals surface area contributed by atoms with E-state index in [0.717, 1.165) is 16.6 Å². The summed E-state index contributed by atoms with van der Waals surface area (Å²) in [6.45, 7) is 1.97. The topological polar surface area (TPSA) is 75.1 Å². The number of benzene rings is 1. The molecule has 0 saturated heterocycles. The smallest absolute Gasteiger partial charge is 0.335 e. The summed E-state index contributed by atoms with van der Waals surface area (Å²) in [7, 11) is 0. The lowest BCUT2D eigenvalue weighted by Gasteiger charge is -2.12. The zero-order valence-electron chi connectivity index (χ0n) is 10.3. The normalized spacial score (nSPS) is 10.6. The van der Waals surface area contributed by atoms with Crippen LogP contribution in [0.15, 0.2) is 33.9 Å². The van der Waals surface area contributed by atoms with Crippen molar-refractivity contribution < 1.29 is 9.50 Å². The summed E-state index contributed by atoms with van der Waals surface area (Å²) < 4.78 is 14.2. The van der Waals surface area contributed by atoms with Gasteiger partial charge in [0, 0.05) is 0 Å². The second-order valence-electron chi connectivity index (χ2n) is 4.11. The van der Waals surface area contributed by atoms with Gasteiger partial charge in [-0.3, -0.25) is 9.78 Å². The van der Waals surface area contributed by atoms with Crippen molar-refractivity contribution in [3.05, 3.63) is 56.5 Å². The number of nitrogens with zero attached hydrogens (tertiary/aromatic N) is 1. The number of rotatable bonds is 3. The molecule has 0 fully saturated rings. The molecule has 2 aromatic rings. The Labute approximate surface area is 108 Å². The number of H-pyrrole nitrogens is 1. The van der Waals surface area contributed by atoms with Crippen LogP contribution in [0.3, 0.4) is 0 Å². The van der Waals surface area contributed by atoms with Gasteiger partial charge in [0.25, 0.3) is 5.56 Å². The average Bonchev–Trinajstić information content (AvgIpc) is 2.38. The van der Waals surface area contributed by atoms with Crippen LogP contribution >= 0.6 is 0 Å². The molecule has 0 amide bonds. The molecule has 1 aromatic carbocycles. The van der Waals surface area contributed by atoms with Crippen LogP contribution in [0.25, 0.3) is 5.69 Å². The highest BCUT2D eigenvalue weighted by molar-refractivity contribution is 5.43. The number of para-hydroxylation sites is 1. The van der Waals surface area contributed by atoms with Crippen LogP contribution in [0.1, 0.15) is 18.9 Å². The van der Waals surface area contributed by atoms with E-state index in [-0.39, 0.29) is 0 Å². The predicted molar refractivity (Wildman–Crippen MR) is 68.3 cm³/mol. The summed E-state index contributed by atoms with van der Waals surface area (Å²) in [6.07, 6.45) is 1.50. The molecular formula is C13H13FN2O3. The van der Waals surface area contributed by atoms with Gasteiger partial charge in [0.15, 0.2) is 0 Å². The van der Waals surface area contributed by atoms with E-state index in [0.29, 0.717) is 12.1 Å². The average molecular weight is 264 g/mol. The standard InChI is InChI=1S/C13H13FN2O3/c1-2-5-8-6-3-4-7-9(8)16-12(18)10(14)11(17)15-13(16)19/h3-4,6-7,18H,2,5H2,1H3,(H,15,17,19). The molecule has 0 radical (unpaired) electrons. The number of halogens is 1. The lowest BCUT2D eigenvalue weighted by atomic mass is 10.1. The molecule has 2 N–H and O–H groups in total. The third kappa shape index (κ3) is 2.29. The molecule has 0 spiro atoms. The molecule has 19 heavy (non-hydrogen) atoms. The molecule has 0 atom stereocenters. The van der Waals surface area contributed by atoms with Gasteiger partial charge in [-0.05, 0) is 18.1 Å². The van der Waals surface area contributed by atoms with E-state index in [1.165, 1.54) is 0 Å². The van der Waals surface area contributed by atoms with Gasteiger partial charge < -0.3 is 5.11 Å². The van der Waals surface area contributed by atoms with Crippen molar-refractivity contribution in [1.29, 1.82) is 0 Å². The number of hydrogen-bond acceptors (Lipinski definition) is 3. The van der Waals surface area contributed by atoms with Crippen LogP contribution in [0.4, 0.5) is 4.39 Å². The van der Waals surface area contributed by atoms with Crippen molar-refractivity contribution in [1.82, 2.24) is 9.55 Å². The maximum Gasteiger partial charge on any atom is 0.335 e. The van der Waals surface area contributed by atoms with Gasteiger partial charge in [0.2, 0.25) is 11.7 Å². The third-order valence-electron chi connectivity index (χ3n) is 2.78. The first-order valence-corrected chi connectivity index (χ1v) is 5.88. The van der Waals surface area contributed by atoms with E-state index in [9.17, 15) is 19.1 Å². The highest BCUT2D eigenvalue weighted by Crippen LogP contribution is 2.19. The highest BCUT2D eigenvalue weighted by Gasteiger charge is 2.16. The highest BCUT2D eigenvalue weighted by atomic mass is 19.1. The summed E-state index contributed by atoms with van der Waals surface area (Å²) >= 11 is 0. The number of hydrogen-bond donors (Lipinski definition) is 2. The molecule has 2 rings (SSSR count). The molecule has 0 saturated carbocycles. The fourth-order valence-electron chi connectivity index (χ4n) is 1.94. The number of aryl methyl sites for hydroxylation is 1. The molecule has 0 unspecified atom stereocenters. The van der Waals surface area contributed by atoms with Crippen molar-refractivity contribution in [2.45, 2.75) is 19.8 Å². The Morgan fingerprint density at radius 2 is 2.00 bits per heavy atom. The summed E-state index contributed by atoms with van der Waals surface area (Å²) in [5, 5.41) is 9.67. The second kappa shape index (κ2) is 5.09. The van der Waals surface area contributed by atoms with Crippen LogP contribution in [0.5, 0.6) is 5.88 Å². The van der Waals surface area contributed by atoms with Crippen LogP contribution in [-0.2, 0) is 6.42 Å². The van der Waals surface area contributed by atoms with Gasteiger partial charge in [-0.25, -0.2) is 9.36 Å². The van der Waals surface area contributed by atoms with E-state index >= 15 is 0 Å². The third-order valence-corrected chi connectivity index (χ3v) is 2.78. The minimum atomic E-state index is -1.37. The van der Waals surface area contributed by atoms with E-state index < -0.39 is 22.9 Å². The Hall–Kier alpha value is -2.37. The Bertz CT molecular complexity index is 719. The van der Waals surface area contributed by atoms with Crippen LogP contribution in [0.2, 0.25) is 0 Å². The van der Waals surface area contributed by atoms with Crippen molar-refractivity contribution in [3.8, 4) is 11.6 Å². The minimum Gasteiger partial charge on any atom is -0.492 e. The van der Waals surface area contributed by atoms with E-state index in [1.807, 2.05) is 11.9 Å². The summed E-state index contributed by atoms with van der Waals surface area (Å²) in [4.78, 5) is 24.6. The Morgan fingerprint density at radius 3 is 2.68 bits per heavy atom. The van der Waals surface area contributed by atoms with Crippen molar-refractivity contribution >= 4 is 0 Å². The Balaban J connectivity index is 2.76. The molecule has 1 heterocycles. The largest absolute Gasteiger partial charge is 0.492 e. The minimum absolute atomic E-state index is 0.363. The van der Waals surface area contributed by atoms with Crippen molar-refractivity contribution in [3.63, 3.8) is 0 Å². The van der Waals surface area contributed by atoms with Crippen LogP contribution in [0, 0.1) is 5.82 Å². The zero-order valence-corrected chi connectivity index (χ0v) is 10.3. The molecule has 0 bridgehead atoms. The molecular weight excluding hydrogens is 251 g/mol. The summed E-state index contributed by atoms with van der Waals surface area (Å²) in [5.41, 5.74) is -0.949. The molecule has 5 nitrogen and oxygen atoms in total. The van der Waals surface area contributed by atoms with Gasteiger partial charge in [-0.2, -0.15) is 4.39 Å². The fraction of sp³-hybridized carbons (Fsp3) is 0.231. The zero-order chi connectivity index (χ0) is 14.0. The molecule has 6 heteroatoms. The van der Waals surface area contributed by atoms with Crippen LogP contribution in [-0.4, -0.2) is 14.7 Å². The van der Waals surface area contributed by atoms with E-state index in [1.54, 1.807) is 24.3 Å². The van der Waals surface area contributed by atoms with Gasteiger partial charge in [-0.15, -0.1) is 0 Å². The molecule has 100 valence electrons. The van der Waals surface area contributed by atoms with Crippen molar-refractivity contribution in [2.24, 2.45) is 0 Å². The first-order chi connectivity index (χ1) is 9.06. The molecule has 1 aromatic heterocycles. The quantitative estimate of drug-likeness (QED) is 0.878.